The Bertz CT molecular complexity index is 940. The molecule has 2 aromatic rings. The molecule has 0 radical (unpaired) electrons. The summed E-state index contributed by atoms with van der Waals surface area (Å²) in [6.45, 7) is 3.01. The van der Waals surface area contributed by atoms with Crippen LogP contribution in [0.15, 0.2) is 42.5 Å². The predicted molar refractivity (Wildman–Crippen MR) is 118 cm³/mol. The average Bonchev–Trinajstić information content (AvgIpc) is 3.46. The average molecular weight is 426 g/mol. The normalized spacial score (nSPS) is 18.1. The molecule has 4 rings (SSSR count). The van der Waals surface area contributed by atoms with Crippen molar-refractivity contribution in [3.8, 4) is 0 Å². The lowest BCUT2D eigenvalue weighted by atomic mass is 10.1. The fourth-order valence-electron chi connectivity index (χ4n) is 4.00. The molecule has 2 fully saturated rings. The van der Waals surface area contributed by atoms with Gasteiger partial charge in [0.05, 0.1) is 11.7 Å². The first kappa shape index (κ1) is 21.1. The maximum absolute atomic E-state index is 13.3. The lowest BCUT2D eigenvalue weighted by Crippen LogP contribution is -2.33. The van der Waals surface area contributed by atoms with Crippen LogP contribution in [-0.4, -0.2) is 44.3 Å². The van der Waals surface area contributed by atoms with Crippen LogP contribution in [0, 0.1) is 5.82 Å². The Kier molecular flexibility index (Phi) is 6.66. The van der Waals surface area contributed by atoms with Gasteiger partial charge in [-0.05, 0) is 62.1 Å². The van der Waals surface area contributed by atoms with E-state index in [0.29, 0.717) is 23.5 Å². The van der Waals surface area contributed by atoms with E-state index < -0.39 is 11.8 Å². The number of urea groups is 1. The number of rotatable bonds is 6. The summed E-state index contributed by atoms with van der Waals surface area (Å²) in [5.74, 6) is -0.621. The summed E-state index contributed by atoms with van der Waals surface area (Å²) in [5, 5.41) is 8.29. The van der Waals surface area contributed by atoms with Gasteiger partial charge >= 0.3 is 6.03 Å². The van der Waals surface area contributed by atoms with E-state index >= 15 is 0 Å². The summed E-state index contributed by atoms with van der Waals surface area (Å²) in [7, 11) is 0. The highest BCUT2D eigenvalue weighted by atomic mass is 19.1. The van der Waals surface area contributed by atoms with Gasteiger partial charge in [-0.15, -0.1) is 0 Å². The first-order valence-corrected chi connectivity index (χ1v) is 10.7. The smallest absolute Gasteiger partial charge is 0.323 e. The Balaban J connectivity index is 1.48. The van der Waals surface area contributed by atoms with E-state index in [4.69, 9.17) is 4.74 Å². The summed E-state index contributed by atoms with van der Waals surface area (Å²) in [6, 6.07) is 10.5. The molecule has 0 unspecified atom stereocenters. The van der Waals surface area contributed by atoms with Crippen molar-refractivity contribution in [3.05, 3.63) is 53.8 Å². The molecule has 1 atom stereocenters. The molecule has 2 saturated heterocycles. The van der Waals surface area contributed by atoms with Crippen LogP contribution in [0.2, 0.25) is 0 Å². The number of carbonyl (C=O) groups is 2. The zero-order chi connectivity index (χ0) is 21.6. The maximum atomic E-state index is 13.3. The van der Waals surface area contributed by atoms with Crippen LogP contribution >= 0.6 is 0 Å². The molecule has 3 N–H and O–H groups in total. The molecule has 2 heterocycles. The quantitative estimate of drug-likeness (QED) is 0.653. The molecule has 164 valence electrons. The third-order valence-corrected chi connectivity index (χ3v) is 5.54. The van der Waals surface area contributed by atoms with Gasteiger partial charge in [-0.3, -0.25) is 4.79 Å². The molecule has 7 nitrogen and oxygen atoms in total. The molecule has 0 bridgehead atoms. The molecular formula is C23H27FN4O3. The van der Waals surface area contributed by atoms with E-state index in [9.17, 15) is 14.0 Å². The van der Waals surface area contributed by atoms with Crippen molar-refractivity contribution in [2.45, 2.75) is 31.8 Å². The third-order valence-electron chi connectivity index (χ3n) is 5.54. The fourth-order valence-corrected chi connectivity index (χ4v) is 4.00. The van der Waals surface area contributed by atoms with E-state index in [1.807, 2.05) is 6.07 Å². The number of nitrogens with one attached hydrogen (secondary N) is 3. The molecule has 31 heavy (non-hydrogen) atoms. The Hall–Kier alpha value is -3.13. The second kappa shape index (κ2) is 9.78. The maximum Gasteiger partial charge on any atom is 0.323 e. The number of halogens is 1. The van der Waals surface area contributed by atoms with Crippen molar-refractivity contribution in [1.29, 1.82) is 0 Å². The van der Waals surface area contributed by atoms with E-state index in [-0.39, 0.29) is 12.0 Å². The van der Waals surface area contributed by atoms with Crippen molar-refractivity contribution in [2.24, 2.45) is 0 Å². The van der Waals surface area contributed by atoms with Gasteiger partial charge in [-0.1, -0.05) is 6.07 Å². The SMILES string of the molecule is O=C(Nc1cccc(F)c1)Nc1ccc(N2CCCC2)c(C(=O)NC[C@@H]2CCCO2)c1. The van der Waals surface area contributed by atoms with Gasteiger partial charge in [-0.25, -0.2) is 9.18 Å². The van der Waals surface area contributed by atoms with Crippen molar-refractivity contribution in [2.75, 3.05) is 41.8 Å². The van der Waals surface area contributed by atoms with Gasteiger partial charge in [0.25, 0.3) is 5.91 Å². The van der Waals surface area contributed by atoms with Crippen LogP contribution in [0.5, 0.6) is 0 Å². The molecule has 0 spiro atoms. The minimum atomic E-state index is -0.509. The fraction of sp³-hybridized carbons (Fsp3) is 0.391. The number of ether oxygens (including phenoxy) is 1. The molecule has 2 aromatic carbocycles. The van der Waals surface area contributed by atoms with Crippen molar-refractivity contribution in [3.63, 3.8) is 0 Å². The van der Waals surface area contributed by atoms with E-state index in [1.54, 1.807) is 18.2 Å². The van der Waals surface area contributed by atoms with Crippen LogP contribution in [0.4, 0.5) is 26.2 Å². The number of nitrogens with zero attached hydrogens (tertiary/aromatic N) is 1. The van der Waals surface area contributed by atoms with Gasteiger partial charge < -0.3 is 25.6 Å². The number of hydrogen-bond acceptors (Lipinski definition) is 4. The summed E-state index contributed by atoms with van der Waals surface area (Å²) in [6.07, 6.45) is 4.19. The Morgan fingerprint density at radius 2 is 1.81 bits per heavy atom. The molecule has 2 aliphatic rings. The predicted octanol–water partition coefficient (Wildman–Crippen LogP) is 3.98. The summed E-state index contributed by atoms with van der Waals surface area (Å²) >= 11 is 0. The standard InChI is InChI=1S/C23H27FN4O3/c24-16-5-3-6-17(13-16)26-23(30)27-18-8-9-21(28-10-1-2-11-28)20(14-18)22(29)25-15-19-7-4-12-31-19/h3,5-6,8-9,13-14,19H,1-2,4,7,10-12,15H2,(H,25,29)(H2,26,27,30)/t19-/m0/s1. The second-order valence-electron chi connectivity index (χ2n) is 7.86. The molecule has 8 heteroatoms. The number of hydrogen-bond donors (Lipinski definition) is 3. The Morgan fingerprint density at radius 3 is 2.52 bits per heavy atom. The largest absolute Gasteiger partial charge is 0.376 e. The van der Waals surface area contributed by atoms with Gasteiger partial charge in [0.1, 0.15) is 5.82 Å². The van der Waals surface area contributed by atoms with Crippen LogP contribution in [0.1, 0.15) is 36.0 Å². The zero-order valence-electron chi connectivity index (χ0n) is 17.3. The highest BCUT2D eigenvalue weighted by Gasteiger charge is 2.22. The van der Waals surface area contributed by atoms with Crippen LogP contribution in [-0.2, 0) is 4.74 Å². The monoisotopic (exact) mass is 426 g/mol. The van der Waals surface area contributed by atoms with Gasteiger partial charge in [-0.2, -0.15) is 0 Å². The van der Waals surface area contributed by atoms with Crippen molar-refractivity contribution < 1.29 is 18.7 Å². The topological polar surface area (TPSA) is 82.7 Å². The van der Waals surface area contributed by atoms with Crippen LogP contribution in [0.3, 0.4) is 0 Å². The number of anilines is 3. The van der Waals surface area contributed by atoms with E-state index in [0.717, 1.165) is 51.1 Å². The molecular weight excluding hydrogens is 399 g/mol. The van der Waals surface area contributed by atoms with Gasteiger partial charge in [0.15, 0.2) is 0 Å². The number of benzene rings is 2. The molecule has 0 aliphatic carbocycles. The lowest BCUT2D eigenvalue weighted by molar-refractivity contribution is 0.0858. The Labute approximate surface area is 181 Å². The summed E-state index contributed by atoms with van der Waals surface area (Å²) in [5.41, 5.74) is 2.21. The van der Waals surface area contributed by atoms with Crippen LogP contribution in [0.25, 0.3) is 0 Å². The zero-order valence-corrected chi connectivity index (χ0v) is 17.3. The van der Waals surface area contributed by atoms with Gasteiger partial charge in [0, 0.05) is 43.3 Å². The minimum absolute atomic E-state index is 0.0533. The van der Waals surface area contributed by atoms with Crippen molar-refractivity contribution in [1.82, 2.24) is 5.32 Å². The highest BCUT2D eigenvalue weighted by Crippen LogP contribution is 2.28. The molecule has 3 amide bonds. The highest BCUT2D eigenvalue weighted by molar-refractivity contribution is 6.04. The van der Waals surface area contributed by atoms with E-state index in [2.05, 4.69) is 20.9 Å². The molecule has 2 aliphatic heterocycles. The third kappa shape index (κ3) is 5.52. The number of amides is 3. The molecule has 0 aromatic heterocycles. The van der Waals surface area contributed by atoms with E-state index in [1.165, 1.54) is 18.2 Å². The summed E-state index contributed by atoms with van der Waals surface area (Å²) < 4.78 is 18.9. The first-order valence-electron chi connectivity index (χ1n) is 10.7. The molecule has 0 saturated carbocycles. The van der Waals surface area contributed by atoms with Gasteiger partial charge in [0.2, 0.25) is 0 Å². The summed E-state index contributed by atoms with van der Waals surface area (Å²) in [4.78, 5) is 27.5. The van der Waals surface area contributed by atoms with Crippen molar-refractivity contribution >= 4 is 29.0 Å². The minimum Gasteiger partial charge on any atom is -0.376 e. The lowest BCUT2D eigenvalue weighted by Gasteiger charge is -2.22. The number of carbonyl (C=O) groups excluding carboxylic acids is 2. The first-order chi connectivity index (χ1) is 15.1. The second-order valence-corrected chi connectivity index (χ2v) is 7.86. The Morgan fingerprint density at radius 1 is 1.03 bits per heavy atom. The van der Waals surface area contributed by atoms with Crippen LogP contribution < -0.4 is 20.9 Å².